The van der Waals surface area contributed by atoms with E-state index in [0.717, 1.165) is 39.2 Å². The number of rotatable bonds is 5. The fourth-order valence-electron chi connectivity index (χ4n) is 2.32. The van der Waals surface area contributed by atoms with Gasteiger partial charge in [0.1, 0.15) is 0 Å². The summed E-state index contributed by atoms with van der Waals surface area (Å²) in [5.74, 6) is 0.381. The molecule has 0 N–H and O–H groups in total. The second-order valence-corrected chi connectivity index (χ2v) is 6.71. The smallest absolute Gasteiger partial charge is 0.0847 e. The second-order valence-electron chi connectivity index (χ2n) is 4.77. The zero-order chi connectivity index (χ0) is 14.7. The lowest BCUT2D eigenvalue weighted by Gasteiger charge is -2.16. The molecular formula is C15H17Br2ClN2. The van der Waals surface area contributed by atoms with Crippen LogP contribution in [0.1, 0.15) is 29.8 Å². The van der Waals surface area contributed by atoms with E-state index in [2.05, 4.69) is 62.1 Å². The first-order valence-electron chi connectivity index (χ1n) is 6.60. The van der Waals surface area contributed by atoms with Crippen LogP contribution >= 0.6 is 43.5 Å². The van der Waals surface area contributed by atoms with Crippen molar-refractivity contribution in [2.75, 3.05) is 5.33 Å². The molecule has 0 radical (unpaired) electrons. The Morgan fingerprint density at radius 1 is 1.40 bits per heavy atom. The van der Waals surface area contributed by atoms with E-state index < -0.39 is 0 Å². The normalized spacial score (nSPS) is 12.7. The zero-order valence-electron chi connectivity index (χ0n) is 11.5. The van der Waals surface area contributed by atoms with E-state index in [4.69, 9.17) is 11.6 Å². The Hall–Kier alpha value is -0.320. The van der Waals surface area contributed by atoms with Crippen molar-refractivity contribution < 1.29 is 0 Å². The molecule has 0 amide bonds. The molecule has 108 valence electrons. The first-order chi connectivity index (χ1) is 9.56. The predicted molar refractivity (Wildman–Crippen MR) is 92.0 cm³/mol. The maximum absolute atomic E-state index is 6.40. The summed E-state index contributed by atoms with van der Waals surface area (Å²) >= 11 is 13.6. The molecule has 2 nitrogen and oxygen atoms in total. The van der Waals surface area contributed by atoms with Crippen LogP contribution in [0.5, 0.6) is 0 Å². The third kappa shape index (κ3) is 3.46. The zero-order valence-corrected chi connectivity index (χ0v) is 15.5. The molecule has 2 rings (SSSR count). The lowest BCUT2D eigenvalue weighted by molar-refractivity contribution is 0.597. The molecular weight excluding hydrogens is 403 g/mol. The number of aromatic nitrogens is 2. The fraction of sp³-hybridized carbons (Fsp3) is 0.400. The van der Waals surface area contributed by atoms with E-state index in [1.807, 2.05) is 17.7 Å². The third-order valence-electron chi connectivity index (χ3n) is 3.40. The van der Waals surface area contributed by atoms with Gasteiger partial charge >= 0.3 is 0 Å². The number of benzene rings is 1. The third-order valence-corrected chi connectivity index (χ3v) is 5.17. The molecule has 1 aromatic carbocycles. The summed E-state index contributed by atoms with van der Waals surface area (Å²) < 4.78 is 3.11. The Kier molecular flexibility index (Phi) is 5.70. The number of hydrogen-bond acceptors (Lipinski definition) is 1. The predicted octanol–water partition coefficient (Wildman–Crippen LogP) is 5.35. The van der Waals surface area contributed by atoms with Crippen LogP contribution in [-0.4, -0.2) is 15.1 Å². The molecule has 1 aromatic heterocycles. The maximum Gasteiger partial charge on any atom is 0.0847 e. The molecule has 20 heavy (non-hydrogen) atoms. The summed E-state index contributed by atoms with van der Waals surface area (Å²) in [5, 5.41) is 6.18. The van der Waals surface area contributed by atoms with Gasteiger partial charge in [0, 0.05) is 16.3 Å². The Morgan fingerprint density at radius 2 is 2.15 bits per heavy atom. The highest BCUT2D eigenvalue weighted by Crippen LogP contribution is 2.29. The largest absolute Gasteiger partial charge is 0.268 e. The molecule has 1 unspecified atom stereocenters. The van der Waals surface area contributed by atoms with E-state index in [9.17, 15) is 0 Å². The molecule has 0 saturated heterocycles. The van der Waals surface area contributed by atoms with Gasteiger partial charge in [-0.25, -0.2) is 0 Å². The van der Waals surface area contributed by atoms with Gasteiger partial charge in [-0.2, -0.15) is 5.10 Å². The van der Waals surface area contributed by atoms with Crippen molar-refractivity contribution in [3.05, 3.63) is 50.7 Å². The summed E-state index contributed by atoms with van der Waals surface area (Å²) in [6.07, 6.45) is 0.884. The van der Waals surface area contributed by atoms with Crippen LogP contribution in [0.25, 0.3) is 0 Å². The van der Waals surface area contributed by atoms with Crippen molar-refractivity contribution in [3.8, 4) is 0 Å². The van der Waals surface area contributed by atoms with Crippen LogP contribution in [-0.2, 0) is 13.0 Å². The van der Waals surface area contributed by atoms with Gasteiger partial charge in [-0.3, -0.25) is 4.68 Å². The highest BCUT2D eigenvalue weighted by molar-refractivity contribution is 9.10. The standard InChI is InChI=1S/C15H17Br2ClN2/c1-3-20-14(15(18)10(2)19-20)8-12(9-16)11-5-4-6-13(17)7-11/h4-7,12H,3,8-9H2,1-2H3. The summed E-state index contributed by atoms with van der Waals surface area (Å²) in [7, 11) is 0. The topological polar surface area (TPSA) is 17.8 Å². The highest BCUT2D eigenvalue weighted by atomic mass is 79.9. The van der Waals surface area contributed by atoms with Gasteiger partial charge in [0.05, 0.1) is 16.4 Å². The quantitative estimate of drug-likeness (QED) is 0.597. The number of aryl methyl sites for hydroxylation is 2. The van der Waals surface area contributed by atoms with Crippen molar-refractivity contribution >= 4 is 43.5 Å². The van der Waals surface area contributed by atoms with Gasteiger partial charge in [0.15, 0.2) is 0 Å². The molecule has 5 heteroatoms. The Balaban J connectivity index is 2.31. The van der Waals surface area contributed by atoms with Crippen molar-refractivity contribution in [2.24, 2.45) is 0 Å². The van der Waals surface area contributed by atoms with Gasteiger partial charge in [-0.05, 0) is 43.9 Å². The number of hydrogen-bond donors (Lipinski definition) is 0. The van der Waals surface area contributed by atoms with Crippen LogP contribution in [0.2, 0.25) is 5.02 Å². The molecule has 1 atom stereocenters. The second kappa shape index (κ2) is 7.10. The van der Waals surface area contributed by atoms with Gasteiger partial charge < -0.3 is 0 Å². The van der Waals surface area contributed by atoms with Gasteiger partial charge in [-0.15, -0.1) is 0 Å². The van der Waals surface area contributed by atoms with Gasteiger partial charge in [0.25, 0.3) is 0 Å². The monoisotopic (exact) mass is 418 g/mol. The van der Waals surface area contributed by atoms with Crippen LogP contribution in [0.3, 0.4) is 0 Å². The van der Waals surface area contributed by atoms with Crippen LogP contribution in [0, 0.1) is 6.92 Å². The Labute approximate surface area is 141 Å². The molecule has 0 aliphatic carbocycles. The average molecular weight is 421 g/mol. The molecule has 1 heterocycles. The summed E-state index contributed by atoms with van der Waals surface area (Å²) in [5.41, 5.74) is 3.33. The number of alkyl halides is 1. The number of nitrogens with zero attached hydrogens (tertiary/aromatic N) is 2. The lowest BCUT2D eigenvalue weighted by atomic mass is 9.96. The summed E-state index contributed by atoms with van der Waals surface area (Å²) in [4.78, 5) is 0. The molecule has 0 aliphatic heterocycles. The lowest BCUT2D eigenvalue weighted by Crippen LogP contribution is -2.10. The minimum Gasteiger partial charge on any atom is -0.268 e. The summed E-state index contributed by atoms with van der Waals surface area (Å²) in [6, 6.07) is 8.44. The minimum absolute atomic E-state index is 0.381. The van der Waals surface area contributed by atoms with E-state index in [1.165, 1.54) is 5.56 Å². The van der Waals surface area contributed by atoms with Gasteiger partial charge in [0.2, 0.25) is 0 Å². The molecule has 0 fully saturated rings. The van der Waals surface area contributed by atoms with Crippen molar-refractivity contribution in [1.29, 1.82) is 0 Å². The first-order valence-corrected chi connectivity index (χ1v) is 8.89. The Bertz CT molecular complexity index is 596. The molecule has 0 bridgehead atoms. The summed E-state index contributed by atoms with van der Waals surface area (Å²) in [6.45, 7) is 4.89. The Morgan fingerprint density at radius 3 is 2.75 bits per heavy atom. The average Bonchev–Trinajstić information content (AvgIpc) is 2.71. The van der Waals surface area contributed by atoms with E-state index >= 15 is 0 Å². The molecule has 2 aromatic rings. The molecule has 0 spiro atoms. The molecule has 0 aliphatic rings. The van der Waals surface area contributed by atoms with E-state index in [1.54, 1.807) is 0 Å². The number of halogens is 3. The van der Waals surface area contributed by atoms with Crippen molar-refractivity contribution in [2.45, 2.75) is 32.7 Å². The minimum atomic E-state index is 0.381. The van der Waals surface area contributed by atoms with Gasteiger partial charge in [-0.1, -0.05) is 55.6 Å². The van der Waals surface area contributed by atoms with E-state index in [-0.39, 0.29) is 0 Å². The fourth-order valence-corrected chi connectivity index (χ4v) is 3.55. The van der Waals surface area contributed by atoms with E-state index in [0.29, 0.717) is 5.92 Å². The maximum atomic E-state index is 6.40. The first kappa shape index (κ1) is 16.1. The van der Waals surface area contributed by atoms with Crippen LogP contribution in [0.15, 0.2) is 28.7 Å². The molecule has 0 saturated carbocycles. The SMILES string of the molecule is CCn1nc(C)c(Cl)c1CC(CBr)c1cccc(Br)c1. The highest BCUT2D eigenvalue weighted by Gasteiger charge is 2.18. The van der Waals surface area contributed by atoms with Crippen molar-refractivity contribution in [3.63, 3.8) is 0 Å². The van der Waals surface area contributed by atoms with Crippen LogP contribution in [0.4, 0.5) is 0 Å². The van der Waals surface area contributed by atoms with Crippen LogP contribution < -0.4 is 0 Å². The van der Waals surface area contributed by atoms with Crippen molar-refractivity contribution in [1.82, 2.24) is 9.78 Å².